The van der Waals surface area contributed by atoms with Gasteiger partial charge in [-0.2, -0.15) is 4.31 Å². The largest absolute Gasteiger partial charge is 0.453 e. The Balaban J connectivity index is 2.82. The SMILES string of the molecule is CCN(CC)S(=O)(=O)c1ccc([C@H](C)[NH2+][C@H](C)C(=O)NC(=O)OC)cc1. The first kappa shape index (κ1) is 22.1. The summed E-state index contributed by atoms with van der Waals surface area (Å²) in [6, 6.07) is 6.02. The number of methoxy groups -OCH3 is 1. The van der Waals surface area contributed by atoms with Crippen molar-refractivity contribution in [1.82, 2.24) is 9.62 Å². The Morgan fingerprint density at radius 1 is 1.15 bits per heavy atom. The fourth-order valence-electron chi connectivity index (χ4n) is 2.55. The number of benzene rings is 1. The lowest BCUT2D eigenvalue weighted by atomic mass is 10.1. The number of carbonyl (C=O) groups is 2. The normalized spacial score (nSPS) is 13.9. The van der Waals surface area contributed by atoms with Crippen LogP contribution in [0.15, 0.2) is 29.2 Å². The molecule has 146 valence electrons. The number of ether oxygens (including phenoxy) is 1. The molecule has 0 spiro atoms. The Kier molecular flexibility index (Phi) is 8.19. The molecule has 26 heavy (non-hydrogen) atoms. The van der Waals surface area contributed by atoms with Gasteiger partial charge in [-0.3, -0.25) is 10.1 Å². The lowest BCUT2D eigenvalue weighted by Crippen LogP contribution is -2.92. The first-order valence-corrected chi connectivity index (χ1v) is 9.95. The predicted molar refractivity (Wildman–Crippen MR) is 96.9 cm³/mol. The van der Waals surface area contributed by atoms with E-state index in [9.17, 15) is 18.0 Å². The van der Waals surface area contributed by atoms with E-state index in [4.69, 9.17) is 0 Å². The monoisotopic (exact) mass is 386 g/mol. The maximum absolute atomic E-state index is 12.5. The molecule has 2 amide bonds. The zero-order valence-corrected chi connectivity index (χ0v) is 16.7. The second-order valence-electron chi connectivity index (χ2n) is 5.91. The lowest BCUT2D eigenvalue weighted by Gasteiger charge is -2.19. The molecule has 0 aromatic heterocycles. The number of nitrogens with two attached hydrogens (primary N) is 1. The average Bonchev–Trinajstić information content (AvgIpc) is 2.62. The van der Waals surface area contributed by atoms with Gasteiger partial charge in [-0.05, 0) is 26.0 Å². The molecule has 3 N–H and O–H groups in total. The van der Waals surface area contributed by atoms with Crippen LogP contribution in [0, 0.1) is 0 Å². The Hall–Kier alpha value is -1.97. The van der Waals surface area contributed by atoms with Gasteiger partial charge >= 0.3 is 6.09 Å². The molecule has 0 unspecified atom stereocenters. The molecule has 0 saturated carbocycles. The maximum atomic E-state index is 12.5. The van der Waals surface area contributed by atoms with Gasteiger partial charge in [0, 0.05) is 18.7 Å². The molecule has 0 radical (unpaired) electrons. The number of imide groups is 1. The molecule has 1 rings (SSSR count). The maximum Gasteiger partial charge on any atom is 0.413 e. The Morgan fingerprint density at radius 2 is 1.69 bits per heavy atom. The molecule has 0 aliphatic carbocycles. The zero-order valence-electron chi connectivity index (χ0n) is 15.9. The van der Waals surface area contributed by atoms with Crippen molar-refractivity contribution < 1.29 is 28.1 Å². The van der Waals surface area contributed by atoms with Gasteiger partial charge in [-0.25, -0.2) is 13.2 Å². The quantitative estimate of drug-likeness (QED) is 0.680. The van der Waals surface area contributed by atoms with E-state index >= 15 is 0 Å². The number of hydrogen-bond donors (Lipinski definition) is 2. The first-order chi connectivity index (χ1) is 12.2. The van der Waals surface area contributed by atoms with Gasteiger partial charge in [0.1, 0.15) is 6.04 Å². The first-order valence-electron chi connectivity index (χ1n) is 8.51. The third-order valence-corrected chi connectivity index (χ3v) is 6.21. The molecule has 1 aromatic rings. The van der Waals surface area contributed by atoms with E-state index in [2.05, 4.69) is 10.1 Å². The molecule has 1 aromatic carbocycles. The van der Waals surface area contributed by atoms with E-state index in [1.54, 1.807) is 50.4 Å². The molecule has 0 fully saturated rings. The highest BCUT2D eigenvalue weighted by molar-refractivity contribution is 7.89. The highest BCUT2D eigenvalue weighted by Gasteiger charge is 2.24. The van der Waals surface area contributed by atoms with Crippen LogP contribution in [0.25, 0.3) is 0 Å². The van der Waals surface area contributed by atoms with E-state index in [1.165, 1.54) is 11.4 Å². The van der Waals surface area contributed by atoms with E-state index in [0.717, 1.165) is 5.56 Å². The summed E-state index contributed by atoms with van der Waals surface area (Å²) < 4.78 is 30.8. The van der Waals surface area contributed by atoms with Crippen LogP contribution in [-0.4, -0.2) is 51.0 Å². The van der Waals surface area contributed by atoms with Crippen molar-refractivity contribution in [3.05, 3.63) is 29.8 Å². The van der Waals surface area contributed by atoms with Crippen molar-refractivity contribution >= 4 is 22.0 Å². The Bertz CT molecular complexity index is 714. The number of nitrogens with zero attached hydrogens (tertiary/aromatic N) is 1. The topological polar surface area (TPSA) is 109 Å². The van der Waals surface area contributed by atoms with Crippen LogP contribution >= 0.6 is 0 Å². The summed E-state index contributed by atoms with van der Waals surface area (Å²) in [5.74, 6) is -0.454. The van der Waals surface area contributed by atoms with E-state index in [-0.39, 0.29) is 10.9 Å². The van der Waals surface area contributed by atoms with Crippen molar-refractivity contribution in [1.29, 1.82) is 0 Å². The van der Waals surface area contributed by atoms with Crippen LogP contribution in [0.3, 0.4) is 0 Å². The van der Waals surface area contributed by atoms with Gasteiger partial charge in [-0.15, -0.1) is 0 Å². The highest BCUT2D eigenvalue weighted by atomic mass is 32.2. The number of amides is 2. The van der Waals surface area contributed by atoms with Crippen molar-refractivity contribution in [2.24, 2.45) is 0 Å². The average molecular weight is 386 g/mol. The van der Waals surface area contributed by atoms with Crippen LogP contribution in [-0.2, 0) is 19.6 Å². The predicted octanol–water partition coefficient (Wildman–Crippen LogP) is 0.613. The Labute approximate surface area is 155 Å². The summed E-state index contributed by atoms with van der Waals surface area (Å²) in [5.41, 5.74) is 0.876. The molecule has 9 heteroatoms. The number of nitrogens with one attached hydrogen (secondary N) is 1. The van der Waals surface area contributed by atoms with Crippen LogP contribution in [0.5, 0.6) is 0 Å². The third kappa shape index (κ3) is 5.52. The minimum absolute atomic E-state index is 0.0985. The Morgan fingerprint density at radius 3 is 2.15 bits per heavy atom. The highest BCUT2D eigenvalue weighted by Crippen LogP contribution is 2.18. The smallest absolute Gasteiger partial charge is 0.413 e. The number of sulfonamides is 1. The van der Waals surface area contributed by atoms with Crippen molar-refractivity contribution in [3.63, 3.8) is 0 Å². The van der Waals surface area contributed by atoms with Crippen LogP contribution in [0.1, 0.15) is 39.3 Å². The van der Waals surface area contributed by atoms with Crippen LogP contribution in [0.2, 0.25) is 0 Å². The molecular weight excluding hydrogens is 358 g/mol. The van der Waals surface area contributed by atoms with Gasteiger partial charge < -0.3 is 10.1 Å². The van der Waals surface area contributed by atoms with Crippen molar-refractivity contribution in [2.45, 2.75) is 44.7 Å². The summed E-state index contributed by atoms with van der Waals surface area (Å²) >= 11 is 0. The molecule has 0 aliphatic rings. The molecular formula is C17H28N3O5S+. The van der Waals surface area contributed by atoms with E-state index < -0.39 is 28.1 Å². The standard InChI is InChI=1S/C17H27N3O5S/c1-6-20(7-2)26(23,24)15-10-8-14(9-11-15)12(3)18-13(4)16(21)19-17(22)25-5/h8-13,18H,6-7H2,1-5H3,(H,19,21,22)/p+1/t12-,13+/m0/s1. The zero-order chi connectivity index (χ0) is 19.9. The minimum Gasteiger partial charge on any atom is -0.453 e. The summed E-state index contributed by atoms with van der Waals surface area (Å²) in [6.07, 6.45) is -0.797. The fourth-order valence-corrected chi connectivity index (χ4v) is 4.01. The molecule has 0 bridgehead atoms. The van der Waals surface area contributed by atoms with Gasteiger partial charge in [0.25, 0.3) is 5.91 Å². The second kappa shape index (κ2) is 9.65. The number of rotatable bonds is 8. The van der Waals surface area contributed by atoms with Crippen molar-refractivity contribution in [2.75, 3.05) is 20.2 Å². The van der Waals surface area contributed by atoms with Gasteiger partial charge in [0.2, 0.25) is 10.0 Å². The number of carbonyl (C=O) groups excluding carboxylic acids is 2. The van der Waals surface area contributed by atoms with Crippen LogP contribution < -0.4 is 10.6 Å². The fraction of sp³-hybridized carbons (Fsp3) is 0.529. The molecule has 0 aliphatic heterocycles. The van der Waals surface area contributed by atoms with E-state index in [1.807, 2.05) is 6.92 Å². The molecule has 2 atom stereocenters. The molecule has 0 heterocycles. The van der Waals surface area contributed by atoms with Crippen molar-refractivity contribution in [3.8, 4) is 0 Å². The number of hydrogen-bond acceptors (Lipinski definition) is 5. The summed E-state index contributed by atoms with van der Waals surface area (Å²) in [7, 11) is -2.30. The third-order valence-electron chi connectivity index (χ3n) is 4.15. The van der Waals surface area contributed by atoms with Gasteiger partial charge in [-0.1, -0.05) is 26.0 Å². The summed E-state index contributed by atoms with van der Waals surface area (Å²) in [5, 5.41) is 3.91. The molecule has 0 saturated heterocycles. The summed E-state index contributed by atoms with van der Waals surface area (Å²) in [4.78, 5) is 23.2. The van der Waals surface area contributed by atoms with Gasteiger partial charge in [0.05, 0.1) is 12.0 Å². The lowest BCUT2D eigenvalue weighted by molar-refractivity contribution is -0.710. The minimum atomic E-state index is -3.49. The molecule has 8 nitrogen and oxygen atoms in total. The van der Waals surface area contributed by atoms with Gasteiger partial charge in [0.15, 0.2) is 6.04 Å². The summed E-state index contributed by atoms with van der Waals surface area (Å²) in [6.45, 7) is 8.00. The number of alkyl carbamates (subject to hydrolysis) is 1. The number of quaternary nitrogens is 1. The second-order valence-corrected chi connectivity index (χ2v) is 7.85. The van der Waals surface area contributed by atoms with Crippen LogP contribution in [0.4, 0.5) is 4.79 Å². The van der Waals surface area contributed by atoms with E-state index in [0.29, 0.717) is 13.1 Å².